The van der Waals surface area contributed by atoms with Gasteiger partial charge >= 0.3 is 6.09 Å². The number of hydrogen-bond acceptors (Lipinski definition) is 7. The molecule has 2 aliphatic rings. The van der Waals surface area contributed by atoms with Gasteiger partial charge in [-0.05, 0) is 63.6 Å². The topological polar surface area (TPSA) is 117 Å². The van der Waals surface area contributed by atoms with Crippen molar-refractivity contribution in [2.24, 2.45) is 5.92 Å². The van der Waals surface area contributed by atoms with Gasteiger partial charge in [0.2, 0.25) is 0 Å². The van der Waals surface area contributed by atoms with E-state index in [2.05, 4.69) is 25.6 Å². The molecule has 0 radical (unpaired) electrons. The highest BCUT2D eigenvalue weighted by Crippen LogP contribution is 2.41. The Balaban J connectivity index is 1.32. The van der Waals surface area contributed by atoms with Crippen LogP contribution in [0.2, 0.25) is 0 Å². The standard InChI is InChI=1S/C24H26N6O3/c1-23(2,32)20-11-27-21(12-26-20)30-14-24(33-22(30)31)7-3-4-17(9-24)13-29-15-28-18-6-5-16(10-25)8-19(18)29/h5-6,8,11-12,15,17,32H,3-4,7,9,13-14H2,1-2H3/t17-,24-/m0/s1. The van der Waals surface area contributed by atoms with Crippen LogP contribution >= 0.6 is 0 Å². The van der Waals surface area contributed by atoms with Gasteiger partial charge in [-0.2, -0.15) is 5.26 Å². The predicted octanol–water partition coefficient (Wildman–Crippen LogP) is 3.51. The van der Waals surface area contributed by atoms with Crippen molar-refractivity contribution in [1.82, 2.24) is 19.5 Å². The van der Waals surface area contributed by atoms with Gasteiger partial charge in [-0.1, -0.05) is 0 Å². The second kappa shape index (κ2) is 7.81. The molecule has 2 aromatic heterocycles. The average Bonchev–Trinajstić information content (AvgIpc) is 3.33. The molecule has 0 bridgehead atoms. The largest absolute Gasteiger partial charge is 0.441 e. The van der Waals surface area contributed by atoms with Crippen molar-refractivity contribution in [3.63, 3.8) is 0 Å². The summed E-state index contributed by atoms with van der Waals surface area (Å²) in [7, 11) is 0. The number of anilines is 1. The van der Waals surface area contributed by atoms with E-state index in [1.165, 1.54) is 17.3 Å². The van der Waals surface area contributed by atoms with Crippen molar-refractivity contribution in [2.45, 2.75) is 57.3 Å². The van der Waals surface area contributed by atoms with Gasteiger partial charge in [-0.3, -0.25) is 9.88 Å². The van der Waals surface area contributed by atoms with Crippen LogP contribution in [0, 0.1) is 17.2 Å². The molecule has 170 valence electrons. The fraction of sp³-hybridized carbons (Fsp3) is 0.458. The van der Waals surface area contributed by atoms with E-state index < -0.39 is 17.3 Å². The number of fused-ring (bicyclic) bond motifs is 1. The third-order valence-corrected chi connectivity index (χ3v) is 6.62. The number of rotatable bonds is 4. The summed E-state index contributed by atoms with van der Waals surface area (Å²) in [6.45, 7) is 4.47. The lowest BCUT2D eigenvalue weighted by atomic mass is 9.78. The molecule has 1 saturated carbocycles. The number of ether oxygens (including phenoxy) is 1. The molecule has 1 N–H and O–H groups in total. The molecule has 1 spiro atoms. The number of nitriles is 1. The number of amides is 1. The lowest BCUT2D eigenvalue weighted by molar-refractivity contribution is 0.00438. The molecule has 3 heterocycles. The van der Waals surface area contributed by atoms with Gasteiger partial charge < -0.3 is 14.4 Å². The molecule has 2 fully saturated rings. The summed E-state index contributed by atoms with van der Waals surface area (Å²) in [5, 5.41) is 19.3. The van der Waals surface area contributed by atoms with E-state index in [1.807, 2.05) is 18.5 Å². The maximum atomic E-state index is 12.7. The van der Waals surface area contributed by atoms with Crippen LogP contribution in [0.25, 0.3) is 11.0 Å². The number of aliphatic hydroxyl groups is 1. The highest BCUT2D eigenvalue weighted by atomic mass is 16.6. The minimum absolute atomic E-state index is 0.318. The molecule has 3 aromatic rings. The number of aromatic nitrogens is 4. The Bertz CT molecular complexity index is 1240. The lowest BCUT2D eigenvalue weighted by Gasteiger charge is -2.36. The second-order valence-electron chi connectivity index (χ2n) is 9.63. The van der Waals surface area contributed by atoms with Gasteiger partial charge in [0.1, 0.15) is 11.2 Å². The Morgan fingerprint density at radius 1 is 1.30 bits per heavy atom. The minimum atomic E-state index is -1.10. The molecule has 5 rings (SSSR count). The van der Waals surface area contributed by atoms with Gasteiger partial charge in [-0.25, -0.2) is 14.8 Å². The average molecular weight is 447 g/mol. The summed E-state index contributed by atoms with van der Waals surface area (Å²) >= 11 is 0. The van der Waals surface area contributed by atoms with Crippen molar-refractivity contribution >= 4 is 22.9 Å². The highest BCUT2D eigenvalue weighted by molar-refractivity contribution is 5.89. The van der Waals surface area contributed by atoms with Crippen molar-refractivity contribution in [2.75, 3.05) is 11.4 Å². The number of benzene rings is 1. The Morgan fingerprint density at radius 3 is 2.88 bits per heavy atom. The van der Waals surface area contributed by atoms with Crippen molar-refractivity contribution in [3.05, 3.63) is 48.2 Å². The first-order chi connectivity index (χ1) is 15.8. The summed E-state index contributed by atoms with van der Waals surface area (Å²) in [6.07, 6.45) is 7.98. The predicted molar refractivity (Wildman–Crippen MR) is 120 cm³/mol. The Labute approximate surface area is 191 Å². The first-order valence-corrected chi connectivity index (χ1v) is 11.2. The zero-order valence-electron chi connectivity index (χ0n) is 18.7. The van der Waals surface area contributed by atoms with Crippen LogP contribution in [0.4, 0.5) is 10.6 Å². The minimum Gasteiger partial charge on any atom is -0.441 e. The Morgan fingerprint density at radius 2 is 2.15 bits per heavy atom. The molecular weight excluding hydrogens is 420 g/mol. The third-order valence-electron chi connectivity index (χ3n) is 6.62. The van der Waals surface area contributed by atoms with Crippen LogP contribution in [0.5, 0.6) is 0 Å². The van der Waals surface area contributed by atoms with Crippen LogP contribution in [0.1, 0.15) is 50.8 Å². The van der Waals surface area contributed by atoms with E-state index in [4.69, 9.17) is 4.74 Å². The molecule has 1 aromatic carbocycles. The maximum Gasteiger partial charge on any atom is 0.416 e. The van der Waals surface area contributed by atoms with Gasteiger partial charge in [0.15, 0.2) is 5.82 Å². The van der Waals surface area contributed by atoms with Crippen LogP contribution in [0.15, 0.2) is 36.9 Å². The Hall–Kier alpha value is -3.51. The van der Waals surface area contributed by atoms with Gasteiger partial charge in [-0.15, -0.1) is 0 Å². The van der Waals surface area contributed by atoms with E-state index in [0.717, 1.165) is 43.3 Å². The van der Waals surface area contributed by atoms with E-state index in [9.17, 15) is 15.2 Å². The van der Waals surface area contributed by atoms with Gasteiger partial charge in [0, 0.05) is 6.54 Å². The SMILES string of the molecule is CC(C)(O)c1cnc(N2C[C@@]3(CCC[C@H](Cn4cnc5ccc(C#N)cc54)C3)OC2=O)cn1. The molecule has 1 amide bonds. The van der Waals surface area contributed by atoms with Gasteiger partial charge in [0.05, 0.1) is 53.6 Å². The number of hydrogen-bond donors (Lipinski definition) is 1. The normalized spacial score (nSPS) is 23.2. The third kappa shape index (κ3) is 4.02. The fourth-order valence-electron chi connectivity index (χ4n) is 4.96. The van der Waals surface area contributed by atoms with Crippen molar-refractivity contribution in [1.29, 1.82) is 5.26 Å². The zero-order chi connectivity index (χ0) is 23.2. The number of imidazole rings is 1. The summed E-state index contributed by atoms with van der Waals surface area (Å²) in [5.74, 6) is 0.745. The first kappa shape index (κ1) is 21.3. The molecule has 1 aliphatic heterocycles. The van der Waals surface area contributed by atoms with E-state index in [0.29, 0.717) is 29.5 Å². The molecule has 1 saturated heterocycles. The summed E-state index contributed by atoms with van der Waals surface area (Å²) in [6, 6.07) is 7.70. The molecule has 33 heavy (non-hydrogen) atoms. The van der Waals surface area contributed by atoms with E-state index >= 15 is 0 Å². The zero-order valence-corrected chi connectivity index (χ0v) is 18.7. The molecule has 2 atom stereocenters. The molecule has 0 unspecified atom stereocenters. The fourth-order valence-corrected chi connectivity index (χ4v) is 4.96. The lowest BCUT2D eigenvalue weighted by Crippen LogP contribution is -2.40. The number of carbonyl (C=O) groups is 1. The molecule has 9 heteroatoms. The summed E-state index contributed by atoms with van der Waals surface area (Å²) in [5.41, 5.74) is 1.22. The summed E-state index contributed by atoms with van der Waals surface area (Å²) in [4.78, 5) is 27.4. The molecule has 9 nitrogen and oxygen atoms in total. The highest BCUT2D eigenvalue weighted by Gasteiger charge is 2.49. The van der Waals surface area contributed by atoms with Crippen LogP contribution < -0.4 is 4.90 Å². The second-order valence-corrected chi connectivity index (χ2v) is 9.63. The smallest absolute Gasteiger partial charge is 0.416 e. The van der Waals surface area contributed by atoms with Crippen molar-refractivity contribution < 1.29 is 14.6 Å². The van der Waals surface area contributed by atoms with Crippen molar-refractivity contribution in [3.8, 4) is 6.07 Å². The van der Waals surface area contributed by atoms with Gasteiger partial charge in [0.25, 0.3) is 0 Å². The van der Waals surface area contributed by atoms with E-state index in [-0.39, 0.29) is 0 Å². The van der Waals surface area contributed by atoms with Crippen LogP contribution in [-0.2, 0) is 16.9 Å². The quantitative estimate of drug-likeness (QED) is 0.652. The number of carbonyl (C=O) groups excluding carboxylic acids is 1. The number of nitrogens with zero attached hydrogens (tertiary/aromatic N) is 6. The Kier molecular flexibility index (Phi) is 5.05. The van der Waals surface area contributed by atoms with Crippen LogP contribution in [-0.4, -0.2) is 42.9 Å². The monoisotopic (exact) mass is 446 g/mol. The first-order valence-electron chi connectivity index (χ1n) is 11.2. The van der Waals surface area contributed by atoms with Crippen LogP contribution in [0.3, 0.4) is 0 Å². The summed E-state index contributed by atoms with van der Waals surface area (Å²) < 4.78 is 8.02. The van der Waals surface area contributed by atoms with E-state index in [1.54, 1.807) is 19.9 Å². The molecule has 1 aliphatic carbocycles. The maximum absolute atomic E-state index is 12.7. The molecular formula is C24H26N6O3.